The van der Waals surface area contributed by atoms with Gasteiger partial charge in [-0.3, -0.25) is 14.5 Å². The van der Waals surface area contributed by atoms with Gasteiger partial charge in [0.05, 0.1) is 23.7 Å². The minimum atomic E-state index is -1.01. The Morgan fingerprint density at radius 1 is 1.00 bits per heavy atom. The number of carbonyl (C=O) groups is 2. The first-order valence-corrected chi connectivity index (χ1v) is 10.3. The highest BCUT2D eigenvalue weighted by molar-refractivity contribution is 6.52. The summed E-state index contributed by atoms with van der Waals surface area (Å²) in [6.45, 7) is 0. The number of halogens is 2. The number of aliphatic hydroxyl groups is 1. The van der Waals surface area contributed by atoms with Crippen molar-refractivity contribution >= 4 is 46.3 Å². The monoisotopic (exact) mass is 469 g/mol. The van der Waals surface area contributed by atoms with Crippen LogP contribution >= 0.6 is 23.2 Å². The number of carbonyl (C=O) groups excluding carboxylic acids is 2. The third-order valence-electron chi connectivity index (χ3n) is 5.16. The van der Waals surface area contributed by atoms with Crippen LogP contribution in [0.15, 0.2) is 72.3 Å². The molecule has 0 spiro atoms. The van der Waals surface area contributed by atoms with Crippen LogP contribution in [0.2, 0.25) is 10.0 Å². The summed E-state index contributed by atoms with van der Waals surface area (Å²) in [6.07, 6.45) is 0. The van der Waals surface area contributed by atoms with E-state index in [2.05, 4.69) is 0 Å². The standard InChI is InChI=1S/C24H17Cl2NO5/c1-32-17-9-10-19(26)18(12-17)22(29)20-21(13-3-2-4-16(28)11-13)27(24(31)23(20)30)15-7-5-14(25)6-8-15/h2-12,21,28-29H,1H3/b22-20+. The summed E-state index contributed by atoms with van der Waals surface area (Å²) < 4.78 is 5.20. The fraction of sp³-hybridized carbons (Fsp3) is 0.0833. The van der Waals surface area contributed by atoms with Gasteiger partial charge < -0.3 is 14.9 Å². The maximum absolute atomic E-state index is 13.1. The minimum absolute atomic E-state index is 0.0522. The fourth-order valence-corrected chi connectivity index (χ4v) is 4.00. The van der Waals surface area contributed by atoms with Crippen LogP contribution in [-0.4, -0.2) is 29.0 Å². The second-order valence-electron chi connectivity index (χ2n) is 7.09. The molecule has 4 rings (SSSR count). The molecule has 1 atom stereocenters. The summed E-state index contributed by atoms with van der Waals surface area (Å²) in [7, 11) is 1.46. The summed E-state index contributed by atoms with van der Waals surface area (Å²) in [5.41, 5.74) is 0.816. The molecule has 32 heavy (non-hydrogen) atoms. The minimum Gasteiger partial charge on any atom is -0.508 e. The van der Waals surface area contributed by atoms with Gasteiger partial charge in [-0.2, -0.15) is 0 Å². The van der Waals surface area contributed by atoms with Crippen LogP contribution in [0.25, 0.3) is 5.76 Å². The Morgan fingerprint density at radius 3 is 2.38 bits per heavy atom. The van der Waals surface area contributed by atoms with Crippen molar-refractivity contribution in [3.8, 4) is 11.5 Å². The molecule has 1 aliphatic rings. The molecule has 6 nitrogen and oxygen atoms in total. The van der Waals surface area contributed by atoms with Crippen molar-refractivity contribution in [2.24, 2.45) is 0 Å². The smallest absolute Gasteiger partial charge is 0.300 e. The van der Waals surface area contributed by atoms with Gasteiger partial charge in [0.1, 0.15) is 17.3 Å². The number of amides is 1. The molecule has 0 aromatic heterocycles. The number of ether oxygens (including phenoxy) is 1. The number of ketones is 1. The maximum atomic E-state index is 13.1. The van der Waals surface area contributed by atoms with Crippen LogP contribution in [0, 0.1) is 0 Å². The van der Waals surface area contributed by atoms with Crippen molar-refractivity contribution in [1.29, 1.82) is 0 Å². The zero-order valence-corrected chi connectivity index (χ0v) is 18.3. The second-order valence-corrected chi connectivity index (χ2v) is 7.93. The van der Waals surface area contributed by atoms with Crippen molar-refractivity contribution < 1.29 is 24.5 Å². The van der Waals surface area contributed by atoms with E-state index in [4.69, 9.17) is 27.9 Å². The van der Waals surface area contributed by atoms with Crippen LogP contribution in [0.1, 0.15) is 17.2 Å². The Hall–Kier alpha value is -3.48. The summed E-state index contributed by atoms with van der Waals surface area (Å²) in [5.74, 6) is -1.80. The number of hydrogen-bond acceptors (Lipinski definition) is 5. The first-order chi connectivity index (χ1) is 15.3. The van der Waals surface area contributed by atoms with E-state index in [0.29, 0.717) is 22.0 Å². The number of aromatic hydroxyl groups is 1. The fourth-order valence-electron chi connectivity index (χ4n) is 3.67. The van der Waals surface area contributed by atoms with Crippen molar-refractivity contribution in [2.45, 2.75) is 6.04 Å². The van der Waals surface area contributed by atoms with E-state index in [0.717, 1.165) is 0 Å². The SMILES string of the molecule is COc1ccc(Cl)c(/C(O)=C2\C(=O)C(=O)N(c3ccc(Cl)cc3)C2c2cccc(O)c2)c1. The molecule has 1 aliphatic heterocycles. The van der Waals surface area contributed by atoms with Crippen molar-refractivity contribution in [3.63, 3.8) is 0 Å². The molecule has 8 heteroatoms. The summed E-state index contributed by atoms with van der Waals surface area (Å²) in [6, 6.07) is 16.1. The number of rotatable bonds is 4. The van der Waals surface area contributed by atoms with Gasteiger partial charge in [-0.25, -0.2) is 0 Å². The summed E-state index contributed by atoms with van der Waals surface area (Å²) in [5, 5.41) is 21.8. The third kappa shape index (κ3) is 3.79. The molecule has 0 saturated carbocycles. The van der Waals surface area contributed by atoms with Gasteiger partial charge >= 0.3 is 0 Å². The van der Waals surface area contributed by atoms with E-state index in [1.807, 2.05) is 0 Å². The second kappa shape index (κ2) is 8.57. The molecule has 3 aromatic rings. The maximum Gasteiger partial charge on any atom is 0.300 e. The molecule has 162 valence electrons. The topological polar surface area (TPSA) is 87.1 Å². The largest absolute Gasteiger partial charge is 0.508 e. The molecule has 0 aliphatic carbocycles. The van der Waals surface area contributed by atoms with Crippen LogP contribution in [-0.2, 0) is 9.59 Å². The Labute approximate surface area is 193 Å². The normalized spacial score (nSPS) is 17.6. The van der Waals surface area contributed by atoms with Crippen molar-refractivity contribution in [1.82, 2.24) is 0 Å². The highest BCUT2D eigenvalue weighted by atomic mass is 35.5. The van der Waals surface area contributed by atoms with Crippen LogP contribution in [0.5, 0.6) is 11.5 Å². The zero-order valence-electron chi connectivity index (χ0n) is 16.8. The van der Waals surface area contributed by atoms with Gasteiger partial charge in [0, 0.05) is 16.3 Å². The lowest BCUT2D eigenvalue weighted by molar-refractivity contribution is -0.132. The number of nitrogens with zero attached hydrogens (tertiary/aromatic N) is 1. The van der Waals surface area contributed by atoms with Gasteiger partial charge in [0.2, 0.25) is 0 Å². The lowest BCUT2D eigenvalue weighted by atomic mass is 9.95. The Morgan fingerprint density at radius 2 is 1.72 bits per heavy atom. The van der Waals surface area contributed by atoms with E-state index in [1.165, 1.54) is 36.3 Å². The lowest BCUT2D eigenvalue weighted by Crippen LogP contribution is -2.29. The molecule has 0 bridgehead atoms. The predicted octanol–water partition coefficient (Wildman–Crippen LogP) is 5.33. The number of aliphatic hydroxyl groups excluding tert-OH is 1. The first-order valence-electron chi connectivity index (χ1n) is 9.51. The number of phenolic OH excluding ortho intramolecular Hbond substituents is 1. The van der Waals surface area contributed by atoms with E-state index in [9.17, 15) is 19.8 Å². The van der Waals surface area contributed by atoms with E-state index < -0.39 is 23.5 Å². The average Bonchev–Trinajstić information content (AvgIpc) is 3.05. The molecule has 3 aromatic carbocycles. The van der Waals surface area contributed by atoms with Crippen LogP contribution in [0.4, 0.5) is 5.69 Å². The van der Waals surface area contributed by atoms with Gasteiger partial charge in [0.25, 0.3) is 11.7 Å². The number of methoxy groups -OCH3 is 1. The molecule has 1 unspecified atom stereocenters. The number of Topliss-reactive ketones (excluding diaryl/α,β-unsaturated/α-hetero) is 1. The number of hydrogen-bond donors (Lipinski definition) is 2. The molecule has 2 N–H and O–H groups in total. The van der Waals surface area contributed by atoms with Gasteiger partial charge in [0.15, 0.2) is 0 Å². The molecular formula is C24H17Cl2NO5. The molecule has 1 saturated heterocycles. The Bertz CT molecular complexity index is 1250. The zero-order chi connectivity index (χ0) is 23.0. The average molecular weight is 470 g/mol. The van der Waals surface area contributed by atoms with E-state index >= 15 is 0 Å². The van der Waals surface area contributed by atoms with Crippen LogP contribution < -0.4 is 9.64 Å². The molecule has 1 amide bonds. The molecule has 1 fully saturated rings. The van der Waals surface area contributed by atoms with Gasteiger partial charge in [-0.15, -0.1) is 0 Å². The third-order valence-corrected chi connectivity index (χ3v) is 5.75. The Kier molecular flexibility index (Phi) is 5.82. The van der Waals surface area contributed by atoms with Crippen LogP contribution in [0.3, 0.4) is 0 Å². The quantitative estimate of drug-likeness (QED) is 0.306. The number of anilines is 1. The van der Waals surface area contributed by atoms with Crippen molar-refractivity contribution in [2.75, 3.05) is 12.0 Å². The molecular weight excluding hydrogens is 453 g/mol. The molecule has 1 heterocycles. The Balaban J connectivity index is 1.98. The highest BCUT2D eigenvalue weighted by Gasteiger charge is 2.47. The summed E-state index contributed by atoms with van der Waals surface area (Å²) in [4.78, 5) is 27.5. The van der Waals surface area contributed by atoms with E-state index in [-0.39, 0.29) is 21.9 Å². The first kappa shape index (κ1) is 21.7. The number of benzene rings is 3. The lowest BCUT2D eigenvalue weighted by Gasteiger charge is -2.25. The van der Waals surface area contributed by atoms with Gasteiger partial charge in [-0.1, -0.05) is 35.3 Å². The highest BCUT2D eigenvalue weighted by Crippen LogP contribution is 2.44. The summed E-state index contributed by atoms with van der Waals surface area (Å²) >= 11 is 12.3. The van der Waals surface area contributed by atoms with E-state index in [1.54, 1.807) is 42.5 Å². The predicted molar refractivity (Wildman–Crippen MR) is 122 cm³/mol. The number of phenols is 1. The molecule has 0 radical (unpaired) electrons. The van der Waals surface area contributed by atoms with Crippen molar-refractivity contribution in [3.05, 3.63) is 93.5 Å². The van der Waals surface area contributed by atoms with Gasteiger partial charge in [-0.05, 0) is 60.2 Å².